The third-order valence-corrected chi connectivity index (χ3v) is 4.86. The Kier molecular flexibility index (Phi) is 4.33. The zero-order valence-electron chi connectivity index (χ0n) is 13.1. The molecule has 0 unspecified atom stereocenters. The van der Waals surface area contributed by atoms with Crippen molar-refractivity contribution in [2.75, 3.05) is 11.6 Å². The topological polar surface area (TPSA) is 37.8 Å². The summed E-state index contributed by atoms with van der Waals surface area (Å²) in [6, 6.07) is 7.72. The van der Waals surface area contributed by atoms with Crippen LogP contribution in [0.1, 0.15) is 31.5 Å². The van der Waals surface area contributed by atoms with Crippen LogP contribution in [0, 0.1) is 5.41 Å². The number of fused-ring (bicyclic) bond motifs is 1. The second-order valence-electron chi connectivity index (χ2n) is 6.46. The van der Waals surface area contributed by atoms with E-state index in [9.17, 15) is 0 Å². The molecule has 0 aliphatic heterocycles. The maximum absolute atomic E-state index is 5.96. The molecule has 3 rings (SSSR count). The van der Waals surface area contributed by atoms with Gasteiger partial charge in [0.2, 0.25) is 0 Å². The van der Waals surface area contributed by atoms with E-state index in [0.29, 0.717) is 5.41 Å². The fourth-order valence-corrected chi connectivity index (χ4v) is 3.30. The van der Waals surface area contributed by atoms with Gasteiger partial charge >= 0.3 is 0 Å². The molecule has 0 saturated carbocycles. The summed E-state index contributed by atoms with van der Waals surface area (Å²) >= 11 is 7.54. The first-order chi connectivity index (χ1) is 10.5. The summed E-state index contributed by atoms with van der Waals surface area (Å²) in [5, 5.41) is 5.01. The van der Waals surface area contributed by atoms with Crippen LogP contribution in [0.5, 0.6) is 0 Å². The second kappa shape index (κ2) is 6.09. The molecule has 22 heavy (non-hydrogen) atoms. The molecule has 0 atom stereocenters. The number of nitrogens with zero attached hydrogens (tertiary/aromatic N) is 2. The first-order valence-electron chi connectivity index (χ1n) is 7.43. The normalized spacial score (nSPS) is 16.2. The van der Waals surface area contributed by atoms with E-state index in [2.05, 4.69) is 19.2 Å². The van der Waals surface area contributed by atoms with Gasteiger partial charge in [-0.1, -0.05) is 37.2 Å². The lowest BCUT2D eigenvalue weighted by molar-refractivity contribution is 0.311. The quantitative estimate of drug-likeness (QED) is 0.625. The average molecular weight is 334 g/mol. The number of aryl methyl sites for hydroxylation is 1. The average Bonchev–Trinajstić information content (AvgIpc) is 2.49. The van der Waals surface area contributed by atoms with Crippen LogP contribution in [-0.2, 0) is 12.8 Å². The van der Waals surface area contributed by atoms with Gasteiger partial charge in [0.1, 0.15) is 5.82 Å². The van der Waals surface area contributed by atoms with Crippen LogP contribution in [0.4, 0.5) is 11.5 Å². The van der Waals surface area contributed by atoms with Gasteiger partial charge in [0.15, 0.2) is 5.16 Å². The molecule has 2 aromatic rings. The number of benzene rings is 1. The monoisotopic (exact) mass is 333 g/mol. The molecule has 3 nitrogen and oxygen atoms in total. The summed E-state index contributed by atoms with van der Waals surface area (Å²) in [6.45, 7) is 4.62. The van der Waals surface area contributed by atoms with Crippen LogP contribution in [0.2, 0.25) is 5.02 Å². The molecular formula is C17H20ClN3S. The van der Waals surface area contributed by atoms with Crippen molar-refractivity contribution in [1.29, 1.82) is 0 Å². The fraction of sp³-hybridized carbons (Fsp3) is 0.412. The predicted octanol–water partition coefficient (Wildman–Crippen LogP) is 5.11. The van der Waals surface area contributed by atoms with Crippen molar-refractivity contribution in [3.8, 4) is 0 Å². The lowest BCUT2D eigenvalue weighted by Gasteiger charge is -2.31. The van der Waals surface area contributed by atoms with E-state index in [1.54, 1.807) is 11.8 Å². The van der Waals surface area contributed by atoms with Gasteiger partial charge in [0.25, 0.3) is 0 Å². The number of rotatable bonds is 3. The number of nitrogens with one attached hydrogen (secondary N) is 1. The number of thioether (sulfide) groups is 1. The Morgan fingerprint density at radius 1 is 1.18 bits per heavy atom. The van der Waals surface area contributed by atoms with Crippen LogP contribution in [0.3, 0.4) is 0 Å². The van der Waals surface area contributed by atoms with Crippen LogP contribution < -0.4 is 5.32 Å². The van der Waals surface area contributed by atoms with Gasteiger partial charge in [0, 0.05) is 16.3 Å². The molecule has 0 saturated heterocycles. The molecule has 0 fully saturated rings. The first-order valence-corrected chi connectivity index (χ1v) is 9.03. The van der Waals surface area contributed by atoms with Gasteiger partial charge < -0.3 is 5.32 Å². The van der Waals surface area contributed by atoms with Crippen molar-refractivity contribution in [3.63, 3.8) is 0 Å². The highest BCUT2D eigenvalue weighted by molar-refractivity contribution is 7.98. The van der Waals surface area contributed by atoms with E-state index in [1.165, 1.54) is 17.7 Å². The Labute approximate surface area is 140 Å². The molecule has 116 valence electrons. The Morgan fingerprint density at radius 2 is 1.91 bits per heavy atom. The Hall–Kier alpha value is -1.26. The smallest absolute Gasteiger partial charge is 0.189 e. The zero-order chi connectivity index (χ0) is 15.7. The summed E-state index contributed by atoms with van der Waals surface area (Å²) in [5.41, 5.74) is 3.74. The van der Waals surface area contributed by atoms with E-state index in [-0.39, 0.29) is 0 Å². The van der Waals surface area contributed by atoms with Gasteiger partial charge in [-0.05, 0) is 55.2 Å². The zero-order valence-corrected chi connectivity index (χ0v) is 14.7. The summed E-state index contributed by atoms with van der Waals surface area (Å²) in [6.07, 6.45) is 5.21. The van der Waals surface area contributed by atoms with E-state index in [1.807, 2.05) is 30.5 Å². The van der Waals surface area contributed by atoms with Crippen LogP contribution in [-0.4, -0.2) is 16.2 Å². The molecule has 1 N–H and O–H groups in total. The maximum atomic E-state index is 5.96. The maximum Gasteiger partial charge on any atom is 0.189 e. The molecule has 1 aromatic heterocycles. The highest BCUT2D eigenvalue weighted by atomic mass is 35.5. The summed E-state index contributed by atoms with van der Waals surface area (Å²) in [7, 11) is 0. The molecule has 0 radical (unpaired) electrons. The highest BCUT2D eigenvalue weighted by Crippen LogP contribution is 2.38. The van der Waals surface area contributed by atoms with Crippen LogP contribution >= 0.6 is 23.4 Å². The van der Waals surface area contributed by atoms with E-state index >= 15 is 0 Å². The third kappa shape index (κ3) is 3.39. The highest BCUT2D eigenvalue weighted by Gasteiger charge is 2.29. The molecule has 0 amide bonds. The minimum atomic E-state index is 0.299. The van der Waals surface area contributed by atoms with Crippen molar-refractivity contribution in [1.82, 2.24) is 9.97 Å². The second-order valence-corrected chi connectivity index (χ2v) is 7.67. The van der Waals surface area contributed by atoms with E-state index in [0.717, 1.165) is 34.5 Å². The minimum Gasteiger partial charge on any atom is -0.340 e. The molecule has 1 heterocycles. The van der Waals surface area contributed by atoms with Crippen molar-refractivity contribution in [2.45, 2.75) is 38.3 Å². The third-order valence-electron chi connectivity index (χ3n) is 4.06. The SMILES string of the molecule is CSc1nc2c(c(Nc3ccc(Cl)cc3)n1)CC(C)(C)CC2. The Balaban J connectivity index is 2.00. The van der Waals surface area contributed by atoms with Crippen molar-refractivity contribution in [3.05, 3.63) is 40.5 Å². The van der Waals surface area contributed by atoms with Crippen LogP contribution in [0.25, 0.3) is 0 Å². The van der Waals surface area contributed by atoms with Crippen molar-refractivity contribution < 1.29 is 0 Å². The lowest BCUT2D eigenvalue weighted by atomic mass is 9.76. The number of halogens is 1. The van der Waals surface area contributed by atoms with Gasteiger partial charge in [-0.25, -0.2) is 9.97 Å². The number of hydrogen-bond acceptors (Lipinski definition) is 4. The minimum absolute atomic E-state index is 0.299. The molecule has 0 bridgehead atoms. The molecule has 0 spiro atoms. The molecule has 1 aliphatic rings. The van der Waals surface area contributed by atoms with Gasteiger partial charge in [0.05, 0.1) is 5.69 Å². The van der Waals surface area contributed by atoms with Gasteiger partial charge in [-0.3, -0.25) is 0 Å². The summed E-state index contributed by atoms with van der Waals surface area (Å²) < 4.78 is 0. The summed E-state index contributed by atoms with van der Waals surface area (Å²) in [5.74, 6) is 0.935. The molecular weight excluding hydrogens is 314 g/mol. The van der Waals surface area contributed by atoms with E-state index in [4.69, 9.17) is 21.6 Å². The lowest BCUT2D eigenvalue weighted by Crippen LogP contribution is -2.24. The first kappa shape index (κ1) is 15.6. The number of anilines is 2. The number of hydrogen-bond donors (Lipinski definition) is 1. The summed E-state index contributed by atoms with van der Waals surface area (Å²) in [4.78, 5) is 9.40. The fourth-order valence-electron chi connectivity index (χ4n) is 2.79. The molecule has 5 heteroatoms. The Morgan fingerprint density at radius 3 is 2.59 bits per heavy atom. The van der Waals surface area contributed by atoms with E-state index < -0.39 is 0 Å². The van der Waals surface area contributed by atoms with Crippen molar-refractivity contribution in [2.24, 2.45) is 5.41 Å². The molecule has 1 aromatic carbocycles. The van der Waals surface area contributed by atoms with Crippen LogP contribution in [0.15, 0.2) is 29.4 Å². The number of aromatic nitrogens is 2. The largest absolute Gasteiger partial charge is 0.340 e. The predicted molar refractivity (Wildman–Crippen MR) is 94.4 cm³/mol. The molecule has 1 aliphatic carbocycles. The van der Waals surface area contributed by atoms with Gasteiger partial charge in [-0.15, -0.1) is 0 Å². The van der Waals surface area contributed by atoms with Gasteiger partial charge in [-0.2, -0.15) is 0 Å². The van der Waals surface area contributed by atoms with Crippen molar-refractivity contribution >= 4 is 34.9 Å². The standard InChI is InChI=1S/C17H20ClN3S/c1-17(2)9-8-14-13(10-17)15(21-16(20-14)22-3)19-12-6-4-11(18)5-7-12/h4-7H,8-10H2,1-3H3,(H,19,20,21). The Bertz CT molecular complexity index is 683.